The van der Waals surface area contributed by atoms with Gasteiger partial charge in [0.05, 0.1) is 12.2 Å². The zero-order valence-corrected chi connectivity index (χ0v) is 23.4. The molecule has 0 aromatic heterocycles. The van der Waals surface area contributed by atoms with Crippen molar-refractivity contribution >= 4 is 23.5 Å². The van der Waals surface area contributed by atoms with E-state index in [9.17, 15) is 19.5 Å². The number of aliphatic carboxylic acids is 1. The highest BCUT2D eigenvalue weighted by atomic mass is 16.5. The van der Waals surface area contributed by atoms with E-state index in [0.717, 1.165) is 18.5 Å². The van der Waals surface area contributed by atoms with E-state index in [1.54, 1.807) is 66.7 Å². The molecule has 1 amide bonds. The fraction of sp³-hybridized carbons (Fsp3) is 0.344. The summed E-state index contributed by atoms with van der Waals surface area (Å²) in [6.45, 7) is 2.84. The molecule has 0 heterocycles. The normalized spacial score (nSPS) is 11.4. The largest absolute Gasteiger partial charge is 0.494 e. The third-order valence-corrected chi connectivity index (χ3v) is 6.41. The lowest BCUT2D eigenvalue weighted by molar-refractivity contribution is -0.139. The van der Waals surface area contributed by atoms with Crippen LogP contribution in [0.15, 0.2) is 72.8 Å². The Hall–Kier alpha value is -4.33. The van der Waals surface area contributed by atoms with Gasteiger partial charge in [0.25, 0.3) is 5.91 Å². The molecule has 0 aliphatic rings. The van der Waals surface area contributed by atoms with Crippen molar-refractivity contribution < 1.29 is 29.0 Å². The number of ether oxygens (including phenoxy) is 2. The minimum Gasteiger partial charge on any atom is -0.494 e. The summed E-state index contributed by atoms with van der Waals surface area (Å²) in [6.07, 6.45) is 5.89. The Kier molecular flexibility index (Phi) is 11.6. The standard InChI is InChI=1S/C32H38N2O6/c1-4-5-6-7-8-20-39-27-18-14-24(15-19-27)32(38)40-28-16-12-23(13-17-28)21-29(31(36)37)33-30(35)25-10-9-11-26(22-25)34(2)3/h9-19,22,29H,4-8,20-21H2,1-3H3,(H,33,35)(H,36,37)/t29-/m0/s1. The number of rotatable bonds is 15. The van der Waals surface area contributed by atoms with Crippen molar-refractivity contribution in [1.29, 1.82) is 0 Å². The minimum atomic E-state index is -1.14. The molecule has 0 saturated carbocycles. The Morgan fingerprint density at radius 3 is 2.17 bits per heavy atom. The molecule has 0 unspecified atom stereocenters. The van der Waals surface area contributed by atoms with Crippen LogP contribution in [0, 0.1) is 0 Å². The van der Waals surface area contributed by atoms with Crippen molar-refractivity contribution in [3.63, 3.8) is 0 Å². The van der Waals surface area contributed by atoms with Gasteiger partial charge in [-0.25, -0.2) is 9.59 Å². The molecule has 0 fully saturated rings. The summed E-state index contributed by atoms with van der Waals surface area (Å²) < 4.78 is 11.2. The van der Waals surface area contributed by atoms with E-state index in [-0.39, 0.29) is 6.42 Å². The lowest BCUT2D eigenvalue weighted by Crippen LogP contribution is -2.42. The summed E-state index contributed by atoms with van der Waals surface area (Å²) in [4.78, 5) is 39.0. The zero-order valence-electron chi connectivity index (χ0n) is 23.4. The van der Waals surface area contributed by atoms with Gasteiger partial charge in [-0.05, 0) is 66.6 Å². The van der Waals surface area contributed by atoms with Crippen LogP contribution in [-0.4, -0.2) is 49.7 Å². The molecule has 3 aromatic carbocycles. The predicted molar refractivity (Wildman–Crippen MR) is 155 cm³/mol. The average Bonchev–Trinajstić information content (AvgIpc) is 2.95. The summed E-state index contributed by atoms with van der Waals surface area (Å²) in [5, 5.41) is 12.3. The number of unbranched alkanes of at least 4 members (excludes halogenated alkanes) is 4. The monoisotopic (exact) mass is 546 g/mol. The molecular formula is C32H38N2O6. The van der Waals surface area contributed by atoms with Crippen molar-refractivity contribution in [3.8, 4) is 11.5 Å². The molecule has 40 heavy (non-hydrogen) atoms. The quantitative estimate of drug-likeness (QED) is 0.142. The molecule has 0 aliphatic heterocycles. The van der Waals surface area contributed by atoms with E-state index in [1.165, 1.54) is 19.3 Å². The number of nitrogens with zero attached hydrogens (tertiary/aromatic N) is 1. The number of nitrogens with one attached hydrogen (secondary N) is 1. The van der Waals surface area contributed by atoms with Crippen molar-refractivity contribution in [2.24, 2.45) is 0 Å². The van der Waals surface area contributed by atoms with Crippen molar-refractivity contribution in [2.75, 3.05) is 25.6 Å². The zero-order chi connectivity index (χ0) is 28.9. The topological polar surface area (TPSA) is 105 Å². The first-order valence-electron chi connectivity index (χ1n) is 13.6. The summed E-state index contributed by atoms with van der Waals surface area (Å²) in [6, 6.07) is 19.2. The fourth-order valence-electron chi connectivity index (χ4n) is 4.05. The Morgan fingerprint density at radius 1 is 0.850 bits per heavy atom. The van der Waals surface area contributed by atoms with Crippen molar-refractivity contribution in [2.45, 2.75) is 51.5 Å². The SMILES string of the molecule is CCCCCCCOc1ccc(C(=O)Oc2ccc(C[C@H](NC(=O)c3cccc(N(C)C)c3)C(=O)O)cc2)cc1. The van der Waals surface area contributed by atoms with Crippen LogP contribution in [0.25, 0.3) is 0 Å². The molecular weight excluding hydrogens is 508 g/mol. The van der Waals surface area contributed by atoms with Gasteiger partial charge in [0.15, 0.2) is 0 Å². The second kappa shape index (κ2) is 15.3. The molecule has 0 aliphatic carbocycles. The van der Waals surface area contributed by atoms with Gasteiger partial charge in [0.2, 0.25) is 0 Å². The van der Waals surface area contributed by atoms with Gasteiger partial charge in [0, 0.05) is 31.8 Å². The number of anilines is 1. The lowest BCUT2D eigenvalue weighted by atomic mass is 10.0. The third kappa shape index (κ3) is 9.45. The number of carboxylic acid groups (broad SMARTS) is 1. The maximum absolute atomic E-state index is 12.7. The molecule has 0 bridgehead atoms. The average molecular weight is 547 g/mol. The number of benzene rings is 3. The molecule has 3 aromatic rings. The second-order valence-corrected chi connectivity index (χ2v) is 9.83. The van der Waals surface area contributed by atoms with Crippen LogP contribution in [0.1, 0.15) is 65.3 Å². The summed E-state index contributed by atoms with van der Waals surface area (Å²) >= 11 is 0. The highest BCUT2D eigenvalue weighted by Gasteiger charge is 2.21. The van der Waals surface area contributed by atoms with Crippen LogP contribution in [0.2, 0.25) is 0 Å². The summed E-state index contributed by atoms with van der Waals surface area (Å²) in [7, 11) is 3.72. The van der Waals surface area contributed by atoms with E-state index in [0.29, 0.717) is 34.8 Å². The van der Waals surface area contributed by atoms with Gasteiger partial charge < -0.3 is 24.8 Å². The molecule has 0 spiro atoms. The van der Waals surface area contributed by atoms with Crippen LogP contribution in [-0.2, 0) is 11.2 Å². The van der Waals surface area contributed by atoms with Crippen molar-refractivity contribution in [3.05, 3.63) is 89.5 Å². The molecule has 1 atom stereocenters. The number of carboxylic acids is 1. The van der Waals surface area contributed by atoms with E-state index in [2.05, 4.69) is 12.2 Å². The summed E-state index contributed by atoms with van der Waals surface area (Å²) in [5.41, 5.74) is 2.28. The van der Waals surface area contributed by atoms with Gasteiger partial charge in [-0.2, -0.15) is 0 Å². The number of carbonyl (C=O) groups excluding carboxylic acids is 2. The molecule has 8 heteroatoms. The molecule has 3 rings (SSSR count). The van der Waals surface area contributed by atoms with Crippen LogP contribution in [0.4, 0.5) is 5.69 Å². The molecule has 0 saturated heterocycles. The lowest BCUT2D eigenvalue weighted by Gasteiger charge is -2.17. The van der Waals surface area contributed by atoms with Crippen LogP contribution >= 0.6 is 0 Å². The highest BCUT2D eigenvalue weighted by molar-refractivity contribution is 5.97. The first-order valence-corrected chi connectivity index (χ1v) is 13.6. The maximum atomic E-state index is 12.7. The smallest absolute Gasteiger partial charge is 0.343 e. The Bertz CT molecular complexity index is 1260. The number of amides is 1. The predicted octanol–water partition coefficient (Wildman–Crippen LogP) is 5.75. The number of carbonyl (C=O) groups is 3. The number of hydrogen-bond donors (Lipinski definition) is 2. The summed E-state index contributed by atoms with van der Waals surface area (Å²) in [5.74, 6) is -1.07. The van der Waals surface area contributed by atoms with E-state index in [4.69, 9.17) is 9.47 Å². The van der Waals surface area contributed by atoms with Crippen molar-refractivity contribution in [1.82, 2.24) is 5.32 Å². The molecule has 212 valence electrons. The molecule has 0 radical (unpaired) electrons. The Balaban J connectivity index is 1.52. The Morgan fingerprint density at radius 2 is 1.52 bits per heavy atom. The van der Waals surface area contributed by atoms with Crippen LogP contribution in [0.5, 0.6) is 11.5 Å². The van der Waals surface area contributed by atoms with Gasteiger partial charge in [-0.15, -0.1) is 0 Å². The number of hydrogen-bond acceptors (Lipinski definition) is 6. The first kappa shape index (κ1) is 30.2. The number of esters is 1. The first-order chi connectivity index (χ1) is 19.3. The Labute approximate surface area is 235 Å². The van der Waals surface area contributed by atoms with E-state index in [1.807, 2.05) is 25.1 Å². The van der Waals surface area contributed by atoms with Crippen LogP contribution < -0.4 is 19.7 Å². The van der Waals surface area contributed by atoms with E-state index < -0.39 is 23.9 Å². The second-order valence-electron chi connectivity index (χ2n) is 9.83. The van der Waals surface area contributed by atoms with Gasteiger partial charge >= 0.3 is 11.9 Å². The van der Waals surface area contributed by atoms with Crippen LogP contribution in [0.3, 0.4) is 0 Å². The maximum Gasteiger partial charge on any atom is 0.343 e. The van der Waals surface area contributed by atoms with Gasteiger partial charge in [-0.1, -0.05) is 50.8 Å². The minimum absolute atomic E-state index is 0.0722. The molecule has 8 nitrogen and oxygen atoms in total. The van der Waals surface area contributed by atoms with Gasteiger partial charge in [0.1, 0.15) is 17.5 Å². The van der Waals surface area contributed by atoms with E-state index >= 15 is 0 Å². The third-order valence-electron chi connectivity index (χ3n) is 6.41. The fourth-order valence-corrected chi connectivity index (χ4v) is 4.05. The van der Waals surface area contributed by atoms with Gasteiger partial charge in [-0.3, -0.25) is 4.79 Å². The highest BCUT2D eigenvalue weighted by Crippen LogP contribution is 2.19. The molecule has 2 N–H and O–H groups in total.